The molecule has 0 saturated heterocycles. The van der Waals surface area contributed by atoms with Gasteiger partial charge in [0.25, 0.3) is 0 Å². The van der Waals surface area contributed by atoms with E-state index in [9.17, 15) is 4.39 Å². The van der Waals surface area contributed by atoms with Gasteiger partial charge in [0.15, 0.2) is 9.74 Å². The summed E-state index contributed by atoms with van der Waals surface area (Å²) in [5, 5.41) is 0. The SMILES string of the molecule is Fc1ccc(-c2nsc(Br)n2)c(Br)c1. The average Bonchev–Trinajstić information content (AvgIpc) is 2.51. The molecule has 2 rings (SSSR count). The van der Waals surface area contributed by atoms with Crippen molar-refractivity contribution in [3.63, 3.8) is 0 Å². The lowest BCUT2D eigenvalue weighted by atomic mass is 10.2. The molecule has 14 heavy (non-hydrogen) atoms. The third-order valence-corrected chi connectivity index (χ3v) is 3.35. The van der Waals surface area contributed by atoms with E-state index in [1.807, 2.05) is 0 Å². The van der Waals surface area contributed by atoms with Gasteiger partial charge >= 0.3 is 0 Å². The van der Waals surface area contributed by atoms with Crippen LogP contribution >= 0.6 is 43.4 Å². The molecule has 72 valence electrons. The minimum atomic E-state index is -0.282. The van der Waals surface area contributed by atoms with Crippen LogP contribution in [0.4, 0.5) is 4.39 Å². The maximum absolute atomic E-state index is 12.8. The zero-order chi connectivity index (χ0) is 10.1. The molecular formula is C8H3Br2FN2S. The van der Waals surface area contributed by atoms with Crippen LogP contribution in [0, 0.1) is 5.82 Å². The van der Waals surface area contributed by atoms with E-state index in [0.717, 1.165) is 5.56 Å². The van der Waals surface area contributed by atoms with Gasteiger partial charge in [0.1, 0.15) is 5.82 Å². The summed E-state index contributed by atoms with van der Waals surface area (Å²) >= 11 is 7.74. The Morgan fingerprint density at radius 2 is 2.07 bits per heavy atom. The number of hydrogen-bond acceptors (Lipinski definition) is 3. The fourth-order valence-corrected chi connectivity index (χ4v) is 2.33. The highest BCUT2D eigenvalue weighted by molar-refractivity contribution is 9.11. The molecule has 1 heterocycles. The Bertz CT molecular complexity index is 472. The molecule has 0 fully saturated rings. The molecule has 0 unspecified atom stereocenters. The van der Waals surface area contributed by atoms with E-state index in [1.165, 1.54) is 23.7 Å². The summed E-state index contributed by atoms with van der Waals surface area (Å²) in [5.74, 6) is 0.309. The van der Waals surface area contributed by atoms with Gasteiger partial charge in [-0.2, -0.15) is 4.37 Å². The summed E-state index contributed by atoms with van der Waals surface area (Å²) in [4.78, 5) is 4.14. The highest BCUT2D eigenvalue weighted by Gasteiger charge is 2.09. The molecule has 6 heteroatoms. The Hall–Kier alpha value is -0.330. The second-order valence-electron chi connectivity index (χ2n) is 2.50. The lowest BCUT2D eigenvalue weighted by molar-refractivity contribution is 0.627. The van der Waals surface area contributed by atoms with E-state index >= 15 is 0 Å². The second-order valence-corrected chi connectivity index (χ2v) is 5.38. The number of benzene rings is 1. The van der Waals surface area contributed by atoms with Crippen LogP contribution in [-0.2, 0) is 0 Å². The van der Waals surface area contributed by atoms with Crippen LogP contribution in [-0.4, -0.2) is 9.36 Å². The maximum atomic E-state index is 12.8. The fraction of sp³-hybridized carbons (Fsp3) is 0. The van der Waals surface area contributed by atoms with Gasteiger partial charge in [0, 0.05) is 10.0 Å². The normalized spacial score (nSPS) is 10.5. The smallest absolute Gasteiger partial charge is 0.179 e. The van der Waals surface area contributed by atoms with Crippen molar-refractivity contribution in [1.82, 2.24) is 9.36 Å². The molecule has 0 N–H and O–H groups in total. The molecule has 0 aliphatic carbocycles. The first-order valence-electron chi connectivity index (χ1n) is 3.61. The van der Waals surface area contributed by atoms with Gasteiger partial charge in [0.2, 0.25) is 0 Å². The number of hydrogen-bond donors (Lipinski definition) is 0. The Kier molecular flexibility index (Phi) is 2.94. The van der Waals surface area contributed by atoms with Crippen LogP contribution in [0.1, 0.15) is 0 Å². The highest BCUT2D eigenvalue weighted by atomic mass is 79.9. The van der Waals surface area contributed by atoms with Crippen LogP contribution in [0.2, 0.25) is 0 Å². The Balaban J connectivity index is 2.52. The first-order valence-corrected chi connectivity index (χ1v) is 5.97. The van der Waals surface area contributed by atoms with Crippen molar-refractivity contribution in [2.24, 2.45) is 0 Å². The quantitative estimate of drug-likeness (QED) is 0.789. The summed E-state index contributed by atoms with van der Waals surface area (Å²) in [6.45, 7) is 0. The summed E-state index contributed by atoms with van der Waals surface area (Å²) in [5.41, 5.74) is 0.786. The molecule has 0 aliphatic rings. The molecular weight excluding hydrogens is 335 g/mol. The third-order valence-electron chi connectivity index (χ3n) is 1.57. The Morgan fingerprint density at radius 3 is 2.64 bits per heavy atom. The molecule has 2 aromatic rings. The first kappa shape index (κ1) is 10.2. The van der Waals surface area contributed by atoms with E-state index in [2.05, 4.69) is 41.2 Å². The summed E-state index contributed by atoms with van der Waals surface area (Å²) < 4.78 is 18.3. The second kappa shape index (κ2) is 4.04. The number of aromatic nitrogens is 2. The topological polar surface area (TPSA) is 25.8 Å². The Labute approximate surface area is 101 Å². The predicted molar refractivity (Wildman–Crippen MR) is 60.7 cm³/mol. The number of nitrogens with zero attached hydrogens (tertiary/aromatic N) is 2. The van der Waals surface area contributed by atoms with Crippen molar-refractivity contribution in [2.45, 2.75) is 0 Å². The van der Waals surface area contributed by atoms with Gasteiger partial charge in [-0.3, -0.25) is 0 Å². The largest absolute Gasteiger partial charge is 0.208 e. The molecule has 0 aliphatic heterocycles. The van der Waals surface area contributed by atoms with E-state index < -0.39 is 0 Å². The highest BCUT2D eigenvalue weighted by Crippen LogP contribution is 2.28. The van der Waals surface area contributed by atoms with Gasteiger partial charge in [-0.1, -0.05) is 0 Å². The molecule has 1 aromatic heterocycles. The van der Waals surface area contributed by atoms with Crippen LogP contribution in [0.5, 0.6) is 0 Å². The molecule has 1 aromatic carbocycles. The van der Waals surface area contributed by atoms with E-state index in [4.69, 9.17) is 0 Å². The molecule has 0 saturated carbocycles. The standard InChI is InChI=1S/C8H3Br2FN2S/c9-6-3-4(11)1-2-5(6)7-12-8(10)14-13-7/h1-3H. The number of halogens is 3. The van der Waals surface area contributed by atoms with Crippen molar-refractivity contribution in [3.8, 4) is 11.4 Å². The first-order chi connectivity index (χ1) is 6.66. The molecule has 2 nitrogen and oxygen atoms in total. The summed E-state index contributed by atoms with van der Waals surface area (Å²) in [6.07, 6.45) is 0. The van der Waals surface area contributed by atoms with Crippen LogP contribution in [0.25, 0.3) is 11.4 Å². The van der Waals surface area contributed by atoms with E-state index in [0.29, 0.717) is 14.2 Å². The van der Waals surface area contributed by atoms with Gasteiger partial charge in [-0.25, -0.2) is 9.37 Å². The molecule has 0 radical (unpaired) electrons. The average molecular weight is 338 g/mol. The van der Waals surface area contributed by atoms with E-state index in [1.54, 1.807) is 6.07 Å². The zero-order valence-electron chi connectivity index (χ0n) is 6.67. The van der Waals surface area contributed by atoms with Gasteiger partial charge in [0.05, 0.1) is 0 Å². The summed E-state index contributed by atoms with van der Waals surface area (Å²) in [6, 6.07) is 4.42. The predicted octanol–water partition coefficient (Wildman–Crippen LogP) is 3.87. The van der Waals surface area contributed by atoms with Gasteiger partial charge < -0.3 is 0 Å². The third kappa shape index (κ3) is 2.02. The summed E-state index contributed by atoms with van der Waals surface area (Å²) in [7, 11) is 0. The minimum absolute atomic E-state index is 0.282. The van der Waals surface area contributed by atoms with Crippen LogP contribution in [0.3, 0.4) is 0 Å². The molecule has 0 spiro atoms. The maximum Gasteiger partial charge on any atom is 0.179 e. The van der Waals surface area contributed by atoms with Crippen molar-refractivity contribution in [2.75, 3.05) is 0 Å². The van der Waals surface area contributed by atoms with Crippen molar-refractivity contribution in [3.05, 3.63) is 32.4 Å². The lowest BCUT2D eigenvalue weighted by Crippen LogP contribution is -1.83. The molecule has 0 bridgehead atoms. The van der Waals surface area contributed by atoms with E-state index in [-0.39, 0.29) is 5.82 Å². The van der Waals surface area contributed by atoms with Crippen LogP contribution in [0.15, 0.2) is 26.6 Å². The number of rotatable bonds is 1. The molecule has 0 atom stereocenters. The van der Waals surface area contributed by atoms with Gasteiger partial charge in [-0.15, -0.1) is 0 Å². The van der Waals surface area contributed by atoms with Crippen molar-refractivity contribution >= 4 is 43.4 Å². The van der Waals surface area contributed by atoms with Crippen molar-refractivity contribution < 1.29 is 4.39 Å². The van der Waals surface area contributed by atoms with Crippen LogP contribution < -0.4 is 0 Å². The Morgan fingerprint density at radius 1 is 1.29 bits per heavy atom. The molecule has 0 amide bonds. The zero-order valence-corrected chi connectivity index (χ0v) is 10.7. The van der Waals surface area contributed by atoms with Crippen molar-refractivity contribution in [1.29, 1.82) is 0 Å². The van der Waals surface area contributed by atoms with Gasteiger partial charge in [-0.05, 0) is 61.6 Å². The minimum Gasteiger partial charge on any atom is -0.208 e. The fourth-order valence-electron chi connectivity index (χ4n) is 0.985. The monoisotopic (exact) mass is 336 g/mol. The lowest BCUT2D eigenvalue weighted by Gasteiger charge is -1.98.